The van der Waals surface area contributed by atoms with Crippen LogP contribution in [0.2, 0.25) is 0 Å². The maximum absolute atomic E-state index is 9.92. The van der Waals surface area contributed by atoms with E-state index >= 15 is 0 Å². The van der Waals surface area contributed by atoms with E-state index in [2.05, 4.69) is 0 Å². The molecule has 0 aliphatic carbocycles. The largest absolute Gasteiger partial charge is 0.488 e. The van der Waals surface area contributed by atoms with Gasteiger partial charge in [0, 0.05) is 0 Å². The first-order valence-corrected chi connectivity index (χ1v) is 9.69. The first kappa shape index (κ1) is 22.0. The van der Waals surface area contributed by atoms with Crippen molar-refractivity contribution in [2.24, 2.45) is 0 Å². The summed E-state index contributed by atoms with van der Waals surface area (Å²) in [5.41, 5.74) is 0.525. The molecule has 0 atom stereocenters. The van der Waals surface area contributed by atoms with Crippen LogP contribution in [0.3, 0.4) is 0 Å². The number of rotatable bonds is 6. The van der Waals surface area contributed by atoms with E-state index in [9.17, 15) is 9.79 Å². The van der Waals surface area contributed by atoms with Crippen molar-refractivity contribution < 1.29 is 19.8 Å². The molecular formula is C15H28BN2O4P. The number of benzene rings is 1. The number of hydrogen-bond donors (Lipinski definition) is 4. The molecule has 1 rings (SSSR count). The molecule has 0 unspecified atom stereocenters. The van der Waals surface area contributed by atoms with E-state index < -0.39 is 15.0 Å². The average Bonchev–Trinajstić information content (AvgIpc) is 2.45. The third-order valence-corrected chi connectivity index (χ3v) is 5.98. The Morgan fingerprint density at radius 1 is 1.09 bits per heavy atom. The van der Waals surface area contributed by atoms with Gasteiger partial charge >= 0.3 is 93.1 Å². The minimum Gasteiger partial charge on any atom is -0.423 e. The predicted molar refractivity (Wildman–Crippen MR) is 96.2 cm³/mol. The van der Waals surface area contributed by atoms with E-state index in [0.717, 1.165) is 0 Å². The Kier molecular flexibility index (Phi) is 10.3. The second-order valence-electron chi connectivity index (χ2n) is 5.81. The zero-order valence-corrected chi connectivity index (χ0v) is 15.2. The van der Waals surface area contributed by atoms with Crippen molar-refractivity contribution in [2.45, 2.75) is 46.2 Å². The summed E-state index contributed by atoms with van der Waals surface area (Å²) in [4.78, 5) is 19.8. The fourth-order valence-corrected chi connectivity index (χ4v) is 4.76. The summed E-state index contributed by atoms with van der Waals surface area (Å²) in [5.74, 6) is 0. The van der Waals surface area contributed by atoms with Gasteiger partial charge in [-0.1, -0.05) is 30.3 Å². The third-order valence-electron chi connectivity index (χ3n) is 3.20. The molecule has 0 heterocycles. The van der Waals surface area contributed by atoms with Gasteiger partial charge in [0.05, 0.1) is 0 Å². The van der Waals surface area contributed by atoms with Gasteiger partial charge in [-0.25, -0.2) is 0 Å². The second kappa shape index (κ2) is 10.7. The summed E-state index contributed by atoms with van der Waals surface area (Å²) in [6, 6.07) is 10.8. The minimum atomic E-state index is -3.37. The van der Waals surface area contributed by atoms with Gasteiger partial charge in [-0.3, -0.25) is 0 Å². The van der Waals surface area contributed by atoms with Crippen molar-refractivity contribution in [1.82, 2.24) is 4.67 Å². The smallest absolute Gasteiger partial charge is 0.423 e. The van der Waals surface area contributed by atoms with Crippen LogP contribution in [0, 0.1) is 11.3 Å². The minimum absolute atomic E-state index is 0.0929. The van der Waals surface area contributed by atoms with Crippen LogP contribution in [-0.4, -0.2) is 49.9 Å². The van der Waals surface area contributed by atoms with Gasteiger partial charge in [0.1, 0.15) is 0 Å². The van der Waals surface area contributed by atoms with Crippen LogP contribution in [0.5, 0.6) is 0 Å². The summed E-state index contributed by atoms with van der Waals surface area (Å²) in [5, 5.41) is 25.6. The molecule has 0 fully saturated rings. The van der Waals surface area contributed by atoms with Crippen molar-refractivity contribution in [2.75, 3.05) is 6.16 Å². The zero-order valence-electron chi connectivity index (χ0n) is 14.2. The standard InChI is InChI=1S/C9H21N2O2P.C6H7BO2/c1-8(2)11(9(3)4)14(12,13)7-5-6-10;8-7(9)6-4-2-1-3-5-6/h8-9,12-14H,5,7H2,1-4H3;1-5,8-9H. The van der Waals surface area contributed by atoms with Gasteiger partial charge in [0.25, 0.3) is 0 Å². The Hall–Kier alpha value is -0.995. The first-order chi connectivity index (χ1) is 10.6. The summed E-state index contributed by atoms with van der Waals surface area (Å²) < 4.78 is 1.73. The molecule has 0 saturated heterocycles. The molecule has 130 valence electrons. The molecule has 0 saturated carbocycles. The SMILES string of the molecule is CC(C)N(C(C)C)[PH](O)(O)CCC#N.OB(O)c1ccccc1. The number of nitrogens with zero attached hydrogens (tertiary/aromatic N) is 2. The molecular weight excluding hydrogens is 314 g/mol. The van der Waals surface area contributed by atoms with Crippen molar-refractivity contribution in [3.05, 3.63) is 30.3 Å². The molecule has 23 heavy (non-hydrogen) atoms. The fourth-order valence-electron chi connectivity index (χ4n) is 2.40. The molecule has 0 aromatic heterocycles. The Labute approximate surface area is 139 Å². The van der Waals surface area contributed by atoms with Crippen LogP contribution >= 0.6 is 7.87 Å². The van der Waals surface area contributed by atoms with E-state index in [1.165, 1.54) is 0 Å². The monoisotopic (exact) mass is 342 g/mol. The Bertz CT molecular complexity index is 470. The van der Waals surface area contributed by atoms with Gasteiger partial charge in [0.15, 0.2) is 0 Å². The van der Waals surface area contributed by atoms with Gasteiger partial charge < -0.3 is 10.0 Å². The molecule has 8 heteroatoms. The van der Waals surface area contributed by atoms with Gasteiger partial charge in [-0.2, -0.15) is 0 Å². The van der Waals surface area contributed by atoms with E-state index in [0.29, 0.717) is 5.46 Å². The molecule has 0 spiro atoms. The molecule has 0 amide bonds. The van der Waals surface area contributed by atoms with Gasteiger partial charge in [-0.15, -0.1) is 0 Å². The van der Waals surface area contributed by atoms with Crippen LogP contribution < -0.4 is 5.46 Å². The Morgan fingerprint density at radius 2 is 1.57 bits per heavy atom. The second-order valence-corrected chi connectivity index (χ2v) is 8.38. The van der Waals surface area contributed by atoms with Crippen molar-refractivity contribution in [1.29, 1.82) is 5.26 Å². The average molecular weight is 342 g/mol. The molecule has 6 nitrogen and oxygen atoms in total. The molecule has 0 radical (unpaired) electrons. The summed E-state index contributed by atoms with van der Waals surface area (Å²) >= 11 is 0. The summed E-state index contributed by atoms with van der Waals surface area (Å²) in [6.07, 6.45) is 0.398. The van der Waals surface area contributed by atoms with E-state index in [1.807, 2.05) is 39.8 Å². The zero-order chi connectivity index (χ0) is 18.0. The molecule has 0 aliphatic rings. The topological polar surface area (TPSA) is 108 Å². The molecule has 1 aromatic carbocycles. The molecule has 0 bridgehead atoms. The van der Waals surface area contributed by atoms with Gasteiger partial charge in [0.2, 0.25) is 0 Å². The van der Waals surface area contributed by atoms with E-state index in [1.54, 1.807) is 28.9 Å². The molecule has 1 aromatic rings. The number of hydrogen-bond acceptors (Lipinski definition) is 6. The van der Waals surface area contributed by atoms with Crippen molar-refractivity contribution in [3.63, 3.8) is 0 Å². The van der Waals surface area contributed by atoms with E-state index in [-0.39, 0.29) is 24.7 Å². The fraction of sp³-hybridized carbons (Fsp3) is 0.533. The normalized spacial score (nSPS) is 11.9. The summed E-state index contributed by atoms with van der Waals surface area (Å²) in [6.45, 7) is 7.72. The maximum Gasteiger partial charge on any atom is 0.488 e. The van der Waals surface area contributed by atoms with Crippen LogP contribution in [0.4, 0.5) is 0 Å². The van der Waals surface area contributed by atoms with Crippen LogP contribution in [0.15, 0.2) is 30.3 Å². The first-order valence-electron chi connectivity index (χ1n) is 7.64. The van der Waals surface area contributed by atoms with E-state index in [4.69, 9.17) is 15.3 Å². The van der Waals surface area contributed by atoms with Crippen LogP contribution in [0.1, 0.15) is 34.1 Å². The summed E-state index contributed by atoms with van der Waals surface area (Å²) in [7, 11) is -4.71. The van der Waals surface area contributed by atoms with Crippen molar-refractivity contribution in [3.8, 4) is 6.07 Å². The van der Waals surface area contributed by atoms with Crippen molar-refractivity contribution >= 4 is 20.4 Å². The van der Waals surface area contributed by atoms with Crippen LogP contribution in [-0.2, 0) is 0 Å². The third kappa shape index (κ3) is 8.43. The van der Waals surface area contributed by atoms with Gasteiger partial charge in [-0.05, 0) is 5.46 Å². The Balaban J connectivity index is 0.000000459. The quantitative estimate of drug-likeness (QED) is 0.451. The number of nitriles is 1. The van der Waals surface area contributed by atoms with Crippen LogP contribution in [0.25, 0.3) is 0 Å². The molecule has 0 aliphatic heterocycles. The maximum atomic E-state index is 9.92. The molecule has 4 N–H and O–H groups in total. The predicted octanol–water partition coefficient (Wildman–Crippen LogP) is 0.865. The Morgan fingerprint density at radius 3 is 1.87 bits per heavy atom.